The van der Waals surface area contributed by atoms with E-state index >= 15 is 0 Å². The SMILES string of the molecule is [W].[c-]1cccc2c1CCCC21CCC1. The molecule has 0 radical (unpaired) electrons. The molecule has 0 bridgehead atoms. The van der Waals surface area contributed by atoms with Gasteiger partial charge in [-0.15, -0.1) is 5.56 Å². The molecule has 0 aliphatic heterocycles. The molecule has 0 amide bonds. The molecule has 1 aromatic rings. The number of benzene rings is 1. The van der Waals surface area contributed by atoms with Crippen LogP contribution in [0.5, 0.6) is 0 Å². The summed E-state index contributed by atoms with van der Waals surface area (Å²) in [7, 11) is 0. The van der Waals surface area contributed by atoms with Gasteiger partial charge in [0.2, 0.25) is 0 Å². The van der Waals surface area contributed by atoms with E-state index in [1.165, 1.54) is 44.1 Å². The van der Waals surface area contributed by atoms with Crippen molar-refractivity contribution < 1.29 is 21.1 Å². The van der Waals surface area contributed by atoms with Crippen molar-refractivity contribution in [1.29, 1.82) is 0 Å². The van der Waals surface area contributed by atoms with E-state index in [9.17, 15) is 0 Å². The maximum absolute atomic E-state index is 3.41. The van der Waals surface area contributed by atoms with Crippen LogP contribution in [0.4, 0.5) is 0 Å². The second kappa shape index (κ2) is 3.81. The summed E-state index contributed by atoms with van der Waals surface area (Å²) in [5, 5.41) is 0. The first-order chi connectivity index (χ1) is 6.41. The van der Waals surface area contributed by atoms with Crippen LogP contribution in [-0.4, -0.2) is 0 Å². The first-order valence-corrected chi connectivity index (χ1v) is 5.41. The van der Waals surface area contributed by atoms with Crippen molar-refractivity contribution in [2.75, 3.05) is 0 Å². The molecule has 0 nitrogen and oxygen atoms in total. The number of fused-ring (bicyclic) bond motifs is 2. The molecule has 1 spiro atoms. The van der Waals surface area contributed by atoms with Gasteiger partial charge in [-0.2, -0.15) is 29.8 Å². The van der Waals surface area contributed by atoms with Crippen LogP contribution in [-0.2, 0) is 32.9 Å². The van der Waals surface area contributed by atoms with Crippen molar-refractivity contribution >= 4 is 0 Å². The van der Waals surface area contributed by atoms with Crippen molar-refractivity contribution in [2.24, 2.45) is 0 Å². The molecule has 0 unspecified atom stereocenters. The maximum atomic E-state index is 3.41. The van der Waals surface area contributed by atoms with Crippen molar-refractivity contribution in [2.45, 2.75) is 43.9 Å². The smallest absolute Gasteiger partial charge is 0 e. The van der Waals surface area contributed by atoms with Gasteiger partial charge < -0.3 is 0 Å². The zero-order valence-electron chi connectivity index (χ0n) is 8.38. The molecule has 1 saturated carbocycles. The van der Waals surface area contributed by atoms with Gasteiger partial charge in [-0.3, -0.25) is 0 Å². The molecule has 0 atom stereocenters. The van der Waals surface area contributed by atoms with Crippen LogP contribution in [0.3, 0.4) is 0 Å². The Morgan fingerprint density at radius 2 is 1.93 bits per heavy atom. The molecule has 1 aromatic carbocycles. The van der Waals surface area contributed by atoms with E-state index in [-0.39, 0.29) is 21.1 Å². The Bertz CT molecular complexity index is 326. The van der Waals surface area contributed by atoms with E-state index in [0.29, 0.717) is 5.41 Å². The zero-order chi connectivity index (χ0) is 8.73. The average Bonchev–Trinajstić information content (AvgIpc) is 2.14. The molecule has 0 heterocycles. The second-order valence-corrected chi connectivity index (χ2v) is 4.55. The van der Waals surface area contributed by atoms with E-state index in [2.05, 4.69) is 24.3 Å². The predicted octanol–water partition coefficient (Wildman–Crippen LogP) is 3.24. The van der Waals surface area contributed by atoms with Gasteiger partial charge in [0.1, 0.15) is 0 Å². The fourth-order valence-electron chi connectivity index (χ4n) is 3.04. The Morgan fingerprint density at radius 1 is 1.14 bits per heavy atom. The van der Waals surface area contributed by atoms with Crippen LogP contribution >= 0.6 is 0 Å². The fourth-order valence-corrected chi connectivity index (χ4v) is 3.04. The Morgan fingerprint density at radius 3 is 2.64 bits per heavy atom. The van der Waals surface area contributed by atoms with Crippen molar-refractivity contribution in [3.05, 3.63) is 35.4 Å². The second-order valence-electron chi connectivity index (χ2n) is 4.55. The number of hydrogen-bond acceptors (Lipinski definition) is 0. The fraction of sp³-hybridized carbons (Fsp3) is 0.538. The summed E-state index contributed by atoms with van der Waals surface area (Å²) in [4.78, 5) is 0. The summed E-state index contributed by atoms with van der Waals surface area (Å²) in [6.45, 7) is 0. The molecule has 2 aliphatic carbocycles. The Hall–Kier alpha value is -0.0917. The number of rotatable bonds is 0. The van der Waals surface area contributed by atoms with Crippen LogP contribution in [0.15, 0.2) is 18.2 Å². The van der Waals surface area contributed by atoms with Crippen LogP contribution in [0.1, 0.15) is 43.2 Å². The van der Waals surface area contributed by atoms with E-state index in [0.717, 1.165) is 0 Å². The quantitative estimate of drug-likeness (QED) is 0.627. The Labute approximate surface area is 100 Å². The van der Waals surface area contributed by atoms with Gasteiger partial charge in [0.25, 0.3) is 0 Å². The number of aryl methyl sites for hydroxylation is 1. The molecule has 0 N–H and O–H groups in total. The first-order valence-electron chi connectivity index (χ1n) is 5.41. The van der Waals surface area contributed by atoms with E-state index in [1.807, 2.05) is 0 Å². The zero-order valence-corrected chi connectivity index (χ0v) is 11.3. The van der Waals surface area contributed by atoms with E-state index < -0.39 is 0 Å². The predicted molar refractivity (Wildman–Crippen MR) is 53.7 cm³/mol. The van der Waals surface area contributed by atoms with E-state index in [4.69, 9.17) is 0 Å². The summed E-state index contributed by atoms with van der Waals surface area (Å²) in [6.07, 6.45) is 8.37. The van der Waals surface area contributed by atoms with Gasteiger partial charge >= 0.3 is 0 Å². The van der Waals surface area contributed by atoms with Gasteiger partial charge in [-0.1, -0.05) is 38.5 Å². The largest absolute Gasteiger partial charge is 0.180 e. The molecule has 2 aliphatic rings. The monoisotopic (exact) mass is 355 g/mol. The summed E-state index contributed by atoms with van der Waals surface area (Å²) in [5.41, 5.74) is 3.74. The average molecular weight is 355 g/mol. The first kappa shape index (κ1) is 10.4. The van der Waals surface area contributed by atoms with Crippen LogP contribution in [0.25, 0.3) is 0 Å². The standard InChI is InChI=1S/C13H15.W/c1-2-7-12-11(5-1)6-3-8-13(12)9-4-10-13;/h1-2,7H,3-4,6,8-10H2;/q-1;. The van der Waals surface area contributed by atoms with Gasteiger partial charge in [-0.25, -0.2) is 0 Å². The van der Waals surface area contributed by atoms with Crippen molar-refractivity contribution in [3.8, 4) is 0 Å². The molecular weight excluding hydrogens is 340 g/mol. The Balaban J connectivity index is 0.000000750. The minimum atomic E-state index is 0. The minimum Gasteiger partial charge on any atom is -0.180 e. The molecule has 74 valence electrons. The topological polar surface area (TPSA) is 0 Å². The third-order valence-electron chi connectivity index (χ3n) is 3.91. The Kier molecular flexibility index (Phi) is 2.84. The van der Waals surface area contributed by atoms with Gasteiger partial charge in [0.05, 0.1) is 0 Å². The van der Waals surface area contributed by atoms with Crippen LogP contribution in [0, 0.1) is 6.07 Å². The molecular formula is C13H15W-. The van der Waals surface area contributed by atoms with Gasteiger partial charge in [0, 0.05) is 21.1 Å². The molecule has 3 rings (SSSR count). The van der Waals surface area contributed by atoms with E-state index in [1.54, 1.807) is 5.56 Å². The van der Waals surface area contributed by atoms with Gasteiger partial charge in [0.15, 0.2) is 0 Å². The molecule has 0 aromatic heterocycles. The third kappa shape index (κ3) is 1.39. The van der Waals surface area contributed by atoms with Gasteiger partial charge in [-0.05, 0) is 5.41 Å². The summed E-state index contributed by atoms with van der Waals surface area (Å²) in [5.74, 6) is 0. The summed E-state index contributed by atoms with van der Waals surface area (Å²) >= 11 is 0. The van der Waals surface area contributed by atoms with Crippen LogP contribution in [0.2, 0.25) is 0 Å². The van der Waals surface area contributed by atoms with Crippen LogP contribution < -0.4 is 0 Å². The van der Waals surface area contributed by atoms with Crippen molar-refractivity contribution in [3.63, 3.8) is 0 Å². The van der Waals surface area contributed by atoms with Crippen molar-refractivity contribution in [1.82, 2.24) is 0 Å². The minimum absolute atomic E-state index is 0. The normalized spacial score (nSPS) is 22.0. The molecule has 1 heteroatoms. The summed E-state index contributed by atoms with van der Waals surface area (Å²) < 4.78 is 0. The summed E-state index contributed by atoms with van der Waals surface area (Å²) in [6, 6.07) is 9.97. The molecule has 1 fully saturated rings. The molecule has 14 heavy (non-hydrogen) atoms. The number of hydrogen-bond donors (Lipinski definition) is 0. The third-order valence-corrected chi connectivity index (χ3v) is 3.91. The maximum Gasteiger partial charge on any atom is 0 e. The molecule has 0 saturated heterocycles.